The molecule has 0 saturated carbocycles. The van der Waals surface area contributed by atoms with Crippen LogP contribution in [0.4, 0.5) is 0 Å². The van der Waals surface area contributed by atoms with Crippen LogP contribution < -0.4 is 0 Å². The third-order valence-corrected chi connectivity index (χ3v) is 3.45. The van der Waals surface area contributed by atoms with E-state index in [4.69, 9.17) is 4.42 Å². The van der Waals surface area contributed by atoms with Crippen molar-refractivity contribution in [2.45, 2.75) is 4.90 Å². The van der Waals surface area contributed by atoms with Crippen LogP contribution in [0.1, 0.15) is 11.1 Å². The highest BCUT2D eigenvalue weighted by Crippen LogP contribution is 2.13. The molecule has 1 aromatic heterocycles. The predicted molar refractivity (Wildman–Crippen MR) is 67.2 cm³/mol. The van der Waals surface area contributed by atoms with Crippen molar-refractivity contribution < 1.29 is 12.8 Å². The van der Waals surface area contributed by atoms with Crippen LogP contribution in [0, 0.1) is 0 Å². The van der Waals surface area contributed by atoms with Crippen LogP contribution in [-0.2, 0) is 9.84 Å². The zero-order valence-corrected chi connectivity index (χ0v) is 10.1. The fraction of sp³-hybridized carbons (Fsp3) is 0.0769. The van der Waals surface area contributed by atoms with E-state index in [9.17, 15) is 8.42 Å². The molecular formula is C13H12O3S. The molecule has 1 aromatic carbocycles. The Morgan fingerprint density at radius 3 is 2.18 bits per heavy atom. The summed E-state index contributed by atoms with van der Waals surface area (Å²) in [5.41, 5.74) is 1.91. The van der Waals surface area contributed by atoms with E-state index in [1.807, 2.05) is 18.2 Å². The molecule has 0 spiro atoms. The maximum atomic E-state index is 11.3. The van der Waals surface area contributed by atoms with Crippen molar-refractivity contribution in [1.82, 2.24) is 0 Å². The van der Waals surface area contributed by atoms with Crippen molar-refractivity contribution in [2.75, 3.05) is 6.26 Å². The third-order valence-electron chi connectivity index (χ3n) is 2.32. The van der Waals surface area contributed by atoms with Crippen molar-refractivity contribution in [3.05, 3.63) is 54.0 Å². The Kier molecular flexibility index (Phi) is 3.15. The Bertz CT molecular complexity index is 605. The highest BCUT2D eigenvalue weighted by molar-refractivity contribution is 7.90. The smallest absolute Gasteiger partial charge is 0.175 e. The van der Waals surface area contributed by atoms with Gasteiger partial charge in [-0.1, -0.05) is 24.3 Å². The van der Waals surface area contributed by atoms with E-state index >= 15 is 0 Å². The highest BCUT2D eigenvalue weighted by Gasteiger charge is 2.04. The molecule has 3 nitrogen and oxygen atoms in total. The van der Waals surface area contributed by atoms with Gasteiger partial charge in [0.05, 0.1) is 17.4 Å². The van der Waals surface area contributed by atoms with Crippen molar-refractivity contribution in [3.8, 4) is 0 Å². The van der Waals surface area contributed by atoms with Gasteiger partial charge >= 0.3 is 0 Å². The van der Waals surface area contributed by atoms with E-state index in [0.29, 0.717) is 4.90 Å². The standard InChI is InChI=1S/C13H12O3S/c1-17(14,15)13-6-4-11(5-7-13)2-3-12-8-9-16-10-12/h2-10H,1H3/b3-2+. The second-order valence-corrected chi connectivity index (χ2v) is 5.75. The van der Waals surface area contributed by atoms with Crippen LogP contribution in [0.5, 0.6) is 0 Å². The van der Waals surface area contributed by atoms with Crippen molar-refractivity contribution >= 4 is 22.0 Å². The van der Waals surface area contributed by atoms with Gasteiger partial charge in [-0.2, -0.15) is 0 Å². The lowest BCUT2D eigenvalue weighted by atomic mass is 10.2. The molecular weight excluding hydrogens is 236 g/mol. The normalized spacial score (nSPS) is 12.1. The highest BCUT2D eigenvalue weighted by atomic mass is 32.2. The zero-order chi connectivity index (χ0) is 12.3. The van der Waals surface area contributed by atoms with Gasteiger partial charge in [0.15, 0.2) is 9.84 Å². The summed E-state index contributed by atoms with van der Waals surface area (Å²) in [5, 5.41) is 0. The summed E-state index contributed by atoms with van der Waals surface area (Å²) >= 11 is 0. The van der Waals surface area contributed by atoms with E-state index in [1.165, 1.54) is 6.26 Å². The largest absolute Gasteiger partial charge is 0.472 e. The molecule has 0 aliphatic carbocycles. The number of hydrogen-bond acceptors (Lipinski definition) is 3. The number of rotatable bonds is 3. The Morgan fingerprint density at radius 2 is 1.65 bits per heavy atom. The molecule has 0 N–H and O–H groups in total. The van der Waals surface area contributed by atoms with Gasteiger partial charge in [0, 0.05) is 11.8 Å². The first-order valence-corrected chi connectivity index (χ1v) is 6.95. The van der Waals surface area contributed by atoms with Gasteiger partial charge in [-0.15, -0.1) is 0 Å². The monoisotopic (exact) mass is 248 g/mol. The summed E-state index contributed by atoms with van der Waals surface area (Å²) in [6, 6.07) is 8.59. The summed E-state index contributed by atoms with van der Waals surface area (Å²) in [6.07, 6.45) is 8.24. The molecule has 17 heavy (non-hydrogen) atoms. The van der Waals surface area contributed by atoms with Crippen LogP contribution in [0.2, 0.25) is 0 Å². The average molecular weight is 248 g/mol. The van der Waals surface area contributed by atoms with Gasteiger partial charge in [-0.3, -0.25) is 0 Å². The maximum absolute atomic E-state index is 11.3. The van der Waals surface area contributed by atoms with Crippen LogP contribution >= 0.6 is 0 Å². The van der Waals surface area contributed by atoms with Crippen LogP contribution in [-0.4, -0.2) is 14.7 Å². The quantitative estimate of drug-likeness (QED) is 0.839. The number of furan rings is 1. The molecule has 0 radical (unpaired) electrons. The molecule has 2 rings (SSSR count). The van der Waals surface area contributed by atoms with E-state index in [2.05, 4.69) is 0 Å². The number of hydrogen-bond donors (Lipinski definition) is 0. The van der Waals surface area contributed by atoms with Gasteiger partial charge in [-0.25, -0.2) is 8.42 Å². The van der Waals surface area contributed by atoms with Crippen molar-refractivity contribution in [1.29, 1.82) is 0 Å². The minimum Gasteiger partial charge on any atom is -0.472 e. The Morgan fingerprint density at radius 1 is 1.00 bits per heavy atom. The third kappa shape index (κ3) is 3.07. The minimum atomic E-state index is -3.12. The van der Waals surface area contributed by atoms with Crippen LogP contribution in [0.3, 0.4) is 0 Å². The lowest BCUT2D eigenvalue weighted by molar-refractivity contribution is 0.567. The Balaban J connectivity index is 2.19. The van der Waals surface area contributed by atoms with Gasteiger partial charge in [-0.05, 0) is 23.8 Å². The number of benzene rings is 1. The summed E-state index contributed by atoms with van der Waals surface area (Å²) in [7, 11) is -3.12. The average Bonchev–Trinajstić information content (AvgIpc) is 2.78. The molecule has 88 valence electrons. The predicted octanol–water partition coefficient (Wildman–Crippen LogP) is 2.85. The Hall–Kier alpha value is -1.81. The topological polar surface area (TPSA) is 47.3 Å². The fourth-order valence-electron chi connectivity index (χ4n) is 1.39. The molecule has 0 fully saturated rings. The molecule has 1 heterocycles. The lowest BCUT2D eigenvalue weighted by Crippen LogP contribution is -1.95. The van der Waals surface area contributed by atoms with Gasteiger partial charge in [0.1, 0.15) is 0 Å². The first kappa shape index (κ1) is 11.7. The molecule has 0 aliphatic rings. The van der Waals surface area contributed by atoms with E-state index < -0.39 is 9.84 Å². The lowest BCUT2D eigenvalue weighted by Gasteiger charge is -1.98. The van der Waals surface area contributed by atoms with E-state index in [1.54, 1.807) is 36.8 Å². The van der Waals surface area contributed by atoms with Crippen molar-refractivity contribution in [2.24, 2.45) is 0 Å². The van der Waals surface area contributed by atoms with Gasteiger partial charge in [0.25, 0.3) is 0 Å². The Labute approximate surface area is 100 Å². The molecule has 0 atom stereocenters. The molecule has 4 heteroatoms. The summed E-state index contributed by atoms with van der Waals surface area (Å²) in [5.74, 6) is 0. The van der Waals surface area contributed by atoms with Crippen molar-refractivity contribution in [3.63, 3.8) is 0 Å². The number of sulfone groups is 1. The van der Waals surface area contributed by atoms with Crippen LogP contribution in [0.25, 0.3) is 12.2 Å². The van der Waals surface area contributed by atoms with E-state index in [0.717, 1.165) is 11.1 Å². The molecule has 0 saturated heterocycles. The molecule has 0 amide bonds. The van der Waals surface area contributed by atoms with E-state index in [-0.39, 0.29) is 0 Å². The summed E-state index contributed by atoms with van der Waals surface area (Å²) in [6.45, 7) is 0. The zero-order valence-electron chi connectivity index (χ0n) is 9.33. The first-order valence-electron chi connectivity index (χ1n) is 5.06. The summed E-state index contributed by atoms with van der Waals surface area (Å²) in [4.78, 5) is 0.331. The minimum absolute atomic E-state index is 0.331. The maximum Gasteiger partial charge on any atom is 0.175 e. The second kappa shape index (κ2) is 4.59. The van der Waals surface area contributed by atoms with Crippen LogP contribution in [0.15, 0.2) is 52.2 Å². The SMILES string of the molecule is CS(=O)(=O)c1ccc(/C=C/c2ccoc2)cc1. The molecule has 0 unspecified atom stereocenters. The second-order valence-electron chi connectivity index (χ2n) is 3.73. The molecule has 0 aliphatic heterocycles. The fourth-order valence-corrected chi connectivity index (χ4v) is 2.02. The summed E-state index contributed by atoms with van der Waals surface area (Å²) < 4.78 is 27.5. The first-order chi connectivity index (χ1) is 8.05. The van der Waals surface area contributed by atoms with Gasteiger partial charge < -0.3 is 4.42 Å². The molecule has 0 bridgehead atoms. The van der Waals surface area contributed by atoms with Gasteiger partial charge in [0.2, 0.25) is 0 Å². The molecule has 2 aromatic rings.